The Morgan fingerprint density at radius 3 is 2.42 bits per heavy atom. The highest BCUT2D eigenvalue weighted by Crippen LogP contribution is 2.09. The van der Waals surface area contributed by atoms with Crippen molar-refractivity contribution in [2.45, 2.75) is 29.9 Å². The Bertz CT molecular complexity index is 611. The van der Waals surface area contributed by atoms with Gasteiger partial charge in [-0.15, -0.1) is 12.4 Å². The number of carbonyl (C=O) groups is 1. The summed E-state index contributed by atoms with van der Waals surface area (Å²) >= 11 is 1.60. The highest BCUT2D eigenvalue weighted by Gasteiger charge is 2.21. The van der Waals surface area contributed by atoms with Crippen LogP contribution in [0.25, 0.3) is 0 Å². The summed E-state index contributed by atoms with van der Waals surface area (Å²) in [5.41, 5.74) is 6.60. The second kappa shape index (κ2) is 10.9. The Hall–Kier alpha value is -0.840. The van der Waals surface area contributed by atoms with Crippen LogP contribution in [0.1, 0.15) is 12.0 Å². The first-order chi connectivity index (χ1) is 10.8. The molecule has 0 spiro atoms. The van der Waals surface area contributed by atoms with E-state index in [1.54, 1.807) is 23.9 Å². The summed E-state index contributed by atoms with van der Waals surface area (Å²) in [5, 5.41) is 17.4. The molecule has 0 aliphatic rings. The molecule has 2 unspecified atom stereocenters. The van der Waals surface area contributed by atoms with Gasteiger partial charge in [0.05, 0.1) is 4.90 Å². The first kappa shape index (κ1) is 23.2. The van der Waals surface area contributed by atoms with Crippen molar-refractivity contribution in [2.75, 3.05) is 18.6 Å². The fourth-order valence-electron chi connectivity index (χ4n) is 1.89. The Kier molecular flexibility index (Phi) is 10.5. The van der Waals surface area contributed by atoms with Gasteiger partial charge in [0.2, 0.25) is 15.9 Å². The first-order valence-electron chi connectivity index (χ1n) is 7.07. The highest BCUT2D eigenvalue weighted by atomic mass is 35.5. The molecule has 1 amide bonds. The molecule has 1 aromatic rings. The van der Waals surface area contributed by atoms with Crippen molar-refractivity contribution in [1.29, 1.82) is 0 Å². The number of hydrogen-bond donors (Lipinski definition) is 4. The van der Waals surface area contributed by atoms with Gasteiger partial charge in [0, 0.05) is 12.6 Å². The van der Waals surface area contributed by atoms with Gasteiger partial charge in [-0.2, -0.15) is 11.8 Å². The van der Waals surface area contributed by atoms with Gasteiger partial charge in [-0.3, -0.25) is 4.79 Å². The topological polar surface area (TPSA) is 136 Å². The maximum atomic E-state index is 11.8. The molecule has 0 fully saturated rings. The molecule has 0 heterocycles. The number of nitrogens with two attached hydrogens (primary N) is 2. The summed E-state index contributed by atoms with van der Waals surface area (Å²) in [6.45, 7) is 0.319. The number of hydrogen-bond acceptors (Lipinski definition) is 6. The molecule has 0 aliphatic heterocycles. The number of aliphatic hydroxyl groups excluding tert-OH is 1. The van der Waals surface area contributed by atoms with Crippen LogP contribution in [0.3, 0.4) is 0 Å². The zero-order chi connectivity index (χ0) is 17.5. The summed E-state index contributed by atoms with van der Waals surface area (Å²) in [6.07, 6.45) is 1.76. The molecule has 0 saturated carbocycles. The van der Waals surface area contributed by atoms with E-state index >= 15 is 0 Å². The van der Waals surface area contributed by atoms with Gasteiger partial charge in [-0.05, 0) is 42.5 Å². The number of carbonyl (C=O) groups excluding carboxylic acids is 1. The third-order valence-corrected chi connectivity index (χ3v) is 4.87. The van der Waals surface area contributed by atoms with Crippen LogP contribution in [0.2, 0.25) is 0 Å². The van der Waals surface area contributed by atoms with Gasteiger partial charge in [0.25, 0.3) is 0 Å². The molecule has 1 aromatic carbocycles. The lowest BCUT2D eigenvalue weighted by molar-refractivity contribution is -0.130. The number of halogens is 1. The standard InChI is InChI=1S/C14H23N3O4S2.ClH/c1-22-9-7-12(15)13(18)14(19)17-8-6-10-2-4-11(5-3-10)23(16,20)21;/h2-5,12-13,18H,6-9,15H2,1H3,(H,17,19)(H2,16,20,21);1H. The van der Waals surface area contributed by atoms with E-state index in [0.29, 0.717) is 19.4 Å². The molecule has 0 aromatic heterocycles. The number of primary sulfonamides is 1. The van der Waals surface area contributed by atoms with Crippen molar-refractivity contribution in [3.8, 4) is 0 Å². The second-order valence-corrected chi connectivity index (χ2v) is 7.67. The molecule has 2 atom stereocenters. The van der Waals surface area contributed by atoms with Crippen LogP contribution in [0.15, 0.2) is 29.2 Å². The normalized spacial score (nSPS) is 13.7. The van der Waals surface area contributed by atoms with Crippen LogP contribution in [0, 0.1) is 0 Å². The lowest BCUT2D eigenvalue weighted by Gasteiger charge is -2.18. The minimum absolute atomic E-state index is 0. The monoisotopic (exact) mass is 397 g/mol. The van der Waals surface area contributed by atoms with E-state index < -0.39 is 28.1 Å². The first-order valence-corrected chi connectivity index (χ1v) is 10.0. The van der Waals surface area contributed by atoms with Crippen molar-refractivity contribution in [2.24, 2.45) is 10.9 Å². The van der Waals surface area contributed by atoms with Crippen molar-refractivity contribution in [3.05, 3.63) is 29.8 Å². The summed E-state index contributed by atoms with van der Waals surface area (Å²) in [7, 11) is -3.70. The average molecular weight is 398 g/mol. The van der Waals surface area contributed by atoms with Crippen LogP contribution < -0.4 is 16.2 Å². The van der Waals surface area contributed by atoms with E-state index in [4.69, 9.17) is 10.9 Å². The zero-order valence-electron chi connectivity index (χ0n) is 13.3. The molecule has 0 saturated heterocycles. The minimum atomic E-state index is -3.70. The van der Waals surface area contributed by atoms with E-state index in [1.165, 1.54) is 12.1 Å². The molecular formula is C14H24ClN3O4S2. The third kappa shape index (κ3) is 7.82. The van der Waals surface area contributed by atoms with Gasteiger partial charge in [0.1, 0.15) is 6.10 Å². The van der Waals surface area contributed by atoms with E-state index in [-0.39, 0.29) is 17.3 Å². The summed E-state index contributed by atoms with van der Waals surface area (Å²) < 4.78 is 22.3. The van der Waals surface area contributed by atoms with Gasteiger partial charge in [0.15, 0.2) is 0 Å². The van der Waals surface area contributed by atoms with Crippen LogP contribution >= 0.6 is 24.2 Å². The SMILES string of the molecule is CSCCC(N)C(O)C(=O)NCCc1ccc(S(N)(=O)=O)cc1.Cl. The molecule has 0 bridgehead atoms. The van der Waals surface area contributed by atoms with Gasteiger partial charge >= 0.3 is 0 Å². The van der Waals surface area contributed by atoms with Gasteiger partial charge in [-0.1, -0.05) is 12.1 Å². The fraction of sp³-hybridized carbons (Fsp3) is 0.500. The predicted molar refractivity (Wildman–Crippen MR) is 98.8 cm³/mol. The highest BCUT2D eigenvalue weighted by molar-refractivity contribution is 7.98. The minimum Gasteiger partial charge on any atom is -0.382 e. The number of benzene rings is 1. The number of amides is 1. The quantitative estimate of drug-likeness (QED) is 0.457. The molecule has 138 valence electrons. The molecule has 0 radical (unpaired) electrons. The lowest BCUT2D eigenvalue weighted by atomic mass is 10.1. The fourth-order valence-corrected chi connectivity index (χ4v) is 2.91. The van der Waals surface area contributed by atoms with Crippen molar-refractivity contribution in [1.82, 2.24) is 5.32 Å². The summed E-state index contributed by atoms with van der Waals surface area (Å²) in [5.74, 6) is 0.279. The van der Waals surface area contributed by atoms with Crippen molar-refractivity contribution in [3.63, 3.8) is 0 Å². The number of rotatable bonds is 9. The Morgan fingerprint density at radius 1 is 1.33 bits per heavy atom. The largest absolute Gasteiger partial charge is 0.382 e. The van der Waals surface area contributed by atoms with E-state index in [0.717, 1.165) is 11.3 Å². The molecular weight excluding hydrogens is 374 g/mol. The molecule has 0 aliphatic carbocycles. The number of thioether (sulfide) groups is 1. The van der Waals surface area contributed by atoms with E-state index in [1.807, 2.05) is 6.26 Å². The summed E-state index contributed by atoms with van der Waals surface area (Å²) in [6, 6.07) is 5.51. The average Bonchev–Trinajstić information content (AvgIpc) is 2.51. The third-order valence-electron chi connectivity index (χ3n) is 3.29. The van der Waals surface area contributed by atoms with E-state index in [2.05, 4.69) is 5.32 Å². The maximum absolute atomic E-state index is 11.8. The molecule has 24 heavy (non-hydrogen) atoms. The van der Waals surface area contributed by atoms with E-state index in [9.17, 15) is 18.3 Å². The Labute approximate surface area is 153 Å². The smallest absolute Gasteiger partial charge is 0.250 e. The van der Waals surface area contributed by atoms with Crippen LogP contribution in [-0.4, -0.2) is 50.1 Å². The molecule has 7 nitrogen and oxygen atoms in total. The van der Waals surface area contributed by atoms with Crippen LogP contribution in [0.4, 0.5) is 0 Å². The van der Waals surface area contributed by atoms with Gasteiger partial charge < -0.3 is 16.2 Å². The summed E-state index contributed by atoms with van der Waals surface area (Å²) in [4.78, 5) is 11.8. The number of nitrogens with one attached hydrogen (secondary N) is 1. The molecule has 10 heteroatoms. The number of sulfonamides is 1. The van der Waals surface area contributed by atoms with Crippen molar-refractivity contribution < 1.29 is 18.3 Å². The predicted octanol–water partition coefficient (Wildman–Crippen LogP) is -0.144. The maximum Gasteiger partial charge on any atom is 0.250 e. The Balaban J connectivity index is 0.00000529. The Morgan fingerprint density at radius 2 is 1.92 bits per heavy atom. The number of aliphatic hydroxyl groups is 1. The lowest BCUT2D eigenvalue weighted by Crippen LogP contribution is -2.47. The van der Waals surface area contributed by atoms with Crippen molar-refractivity contribution >= 4 is 40.1 Å². The molecule has 1 rings (SSSR count). The van der Waals surface area contributed by atoms with Crippen LogP contribution in [-0.2, 0) is 21.2 Å². The zero-order valence-corrected chi connectivity index (χ0v) is 15.8. The second-order valence-electron chi connectivity index (χ2n) is 5.12. The van der Waals surface area contributed by atoms with Gasteiger partial charge in [-0.25, -0.2) is 13.6 Å². The molecule has 6 N–H and O–H groups in total. The van der Waals surface area contributed by atoms with Crippen LogP contribution in [0.5, 0.6) is 0 Å².